The zero-order chi connectivity index (χ0) is 17.9. The van der Waals surface area contributed by atoms with Crippen LogP contribution in [0.3, 0.4) is 0 Å². The molecule has 0 bridgehead atoms. The fraction of sp³-hybridized carbons (Fsp3) is 0.167. The lowest BCUT2D eigenvalue weighted by Crippen LogP contribution is -1.95. The van der Waals surface area contributed by atoms with E-state index in [1.807, 2.05) is 31.2 Å². The molecule has 1 heterocycles. The van der Waals surface area contributed by atoms with Crippen molar-refractivity contribution in [3.05, 3.63) is 60.3 Å². The van der Waals surface area contributed by atoms with E-state index in [4.69, 9.17) is 19.1 Å². The molecular formula is C18H17N3O4. The number of nitrogens with one attached hydrogen (secondary N) is 1. The summed E-state index contributed by atoms with van der Waals surface area (Å²) in [4.78, 5) is 16.2. The Hall–Kier alpha value is -3.44. The molecule has 128 valence electrons. The second-order valence-corrected chi connectivity index (χ2v) is 4.83. The van der Waals surface area contributed by atoms with Crippen molar-refractivity contribution in [1.29, 1.82) is 0 Å². The minimum atomic E-state index is 0.250. The van der Waals surface area contributed by atoms with Crippen molar-refractivity contribution in [2.75, 3.05) is 6.61 Å². The van der Waals surface area contributed by atoms with E-state index in [9.17, 15) is 0 Å². The number of hydrogen-bond acceptors (Lipinski definition) is 6. The summed E-state index contributed by atoms with van der Waals surface area (Å²) >= 11 is 0. The molecule has 3 aromatic rings. The summed E-state index contributed by atoms with van der Waals surface area (Å²) in [5.74, 6) is 1.39. The molecule has 0 saturated carbocycles. The first-order chi connectivity index (χ1) is 12.3. The third-order valence-corrected chi connectivity index (χ3v) is 3.23. The molecule has 0 saturated heterocycles. The lowest BCUT2D eigenvalue weighted by Gasteiger charge is -2.07. The van der Waals surface area contributed by atoms with Crippen LogP contribution in [0.4, 0.5) is 0 Å². The average Bonchev–Trinajstić information content (AvgIpc) is 3.16. The molecule has 0 aliphatic carbocycles. The highest BCUT2D eigenvalue weighted by molar-refractivity contribution is 5.64. The number of benzene rings is 2. The minimum Gasteiger partial charge on any atom is -0.494 e. The maximum atomic E-state index is 8.12. The van der Waals surface area contributed by atoms with Crippen molar-refractivity contribution >= 4 is 6.15 Å². The first kappa shape index (κ1) is 17.9. The van der Waals surface area contributed by atoms with E-state index in [1.165, 1.54) is 0 Å². The fourth-order valence-corrected chi connectivity index (χ4v) is 2.12. The number of aromatic nitrogens is 3. The average molecular weight is 339 g/mol. The number of rotatable bonds is 6. The van der Waals surface area contributed by atoms with Crippen LogP contribution in [0.2, 0.25) is 0 Å². The summed E-state index contributed by atoms with van der Waals surface area (Å²) in [6.07, 6.45) is 1.80. The maximum absolute atomic E-state index is 8.12. The summed E-state index contributed by atoms with van der Waals surface area (Å²) in [6, 6.07) is 16.4. The van der Waals surface area contributed by atoms with Crippen LogP contribution < -0.4 is 9.47 Å². The molecule has 0 radical (unpaired) electrons. The van der Waals surface area contributed by atoms with Crippen LogP contribution in [0.5, 0.6) is 11.6 Å². The quantitative estimate of drug-likeness (QED) is 0.742. The van der Waals surface area contributed by atoms with Gasteiger partial charge in [-0.2, -0.15) is 19.9 Å². The van der Waals surface area contributed by atoms with Gasteiger partial charge in [0.15, 0.2) is 0 Å². The van der Waals surface area contributed by atoms with Gasteiger partial charge < -0.3 is 9.47 Å². The molecule has 0 spiro atoms. The smallest absolute Gasteiger partial charge is 0.373 e. The third-order valence-electron chi connectivity index (χ3n) is 3.23. The van der Waals surface area contributed by atoms with E-state index in [0.717, 1.165) is 22.4 Å². The molecule has 2 aromatic carbocycles. The summed E-state index contributed by atoms with van der Waals surface area (Å²) in [5, 5.41) is 10.1. The normalized spacial score (nSPS) is 9.48. The molecule has 0 unspecified atom stereocenters. The van der Waals surface area contributed by atoms with Gasteiger partial charge in [0, 0.05) is 0 Å². The molecule has 1 N–H and O–H groups in total. The van der Waals surface area contributed by atoms with Gasteiger partial charge in [0.2, 0.25) is 0 Å². The van der Waals surface area contributed by atoms with Gasteiger partial charge >= 0.3 is 6.15 Å². The number of hydrogen-bond donors (Lipinski definition) is 1. The second kappa shape index (κ2) is 9.64. The Balaban J connectivity index is 0.000000701. The minimum absolute atomic E-state index is 0.250. The molecule has 0 fully saturated rings. The number of ether oxygens (including phenoxy) is 2. The molecule has 0 aliphatic rings. The Bertz CT molecular complexity index is 778. The monoisotopic (exact) mass is 339 g/mol. The van der Waals surface area contributed by atoms with Crippen molar-refractivity contribution in [3.63, 3.8) is 0 Å². The molecular weight excluding hydrogens is 322 g/mol. The van der Waals surface area contributed by atoms with Crippen molar-refractivity contribution in [2.24, 2.45) is 0 Å². The largest absolute Gasteiger partial charge is 0.494 e. The molecule has 25 heavy (non-hydrogen) atoms. The summed E-state index contributed by atoms with van der Waals surface area (Å²) in [5.41, 5.74) is 3.40. The highest BCUT2D eigenvalue weighted by Gasteiger charge is 2.01. The van der Waals surface area contributed by atoms with E-state index < -0.39 is 0 Å². The van der Waals surface area contributed by atoms with E-state index in [-0.39, 0.29) is 6.15 Å². The lowest BCUT2D eigenvalue weighted by molar-refractivity contribution is -0.191. The topological polar surface area (TPSA) is 94.2 Å². The molecule has 7 nitrogen and oxygen atoms in total. The third kappa shape index (κ3) is 5.60. The Morgan fingerprint density at radius 2 is 1.56 bits per heavy atom. The molecule has 3 rings (SSSR count). The number of nitrogens with zero attached hydrogens (tertiary/aromatic N) is 2. The summed E-state index contributed by atoms with van der Waals surface area (Å²) < 4.78 is 11.0. The Kier molecular flexibility index (Phi) is 6.91. The highest BCUT2D eigenvalue weighted by atomic mass is 16.5. The Morgan fingerprint density at radius 3 is 2.08 bits per heavy atom. The first-order valence-corrected chi connectivity index (χ1v) is 7.56. The highest BCUT2D eigenvalue weighted by Crippen LogP contribution is 2.23. The van der Waals surface area contributed by atoms with Crippen LogP contribution in [0.1, 0.15) is 12.5 Å². The van der Waals surface area contributed by atoms with Crippen LogP contribution in [-0.4, -0.2) is 28.2 Å². The molecule has 0 aliphatic heterocycles. The van der Waals surface area contributed by atoms with E-state index in [1.54, 1.807) is 6.20 Å². The van der Waals surface area contributed by atoms with Gasteiger partial charge in [-0.05, 0) is 35.7 Å². The van der Waals surface area contributed by atoms with Crippen LogP contribution in [0, 0.1) is 0 Å². The van der Waals surface area contributed by atoms with Crippen molar-refractivity contribution in [3.8, 4) is 22.8 Å². The van der Waals surface area contributed by atoms with Crippen LogP contribution in [-0.2, 0) is 16.2 Å². The molecule has 1 aromatic heterocycles. The second-order valence-electron chi connectivity index (χ2n) is 4.83. The van der Waals surface area contributed by atoms with E-state index in [0.29, 0.717) is 19.1 Å². The lowest BCUT2D eigenvalue weighted by atomic mass is 10.0. The summed E-state index contributed by atoms with van der Waals surface area (Å²) in [7, 11) is 0. The Morgan fingerprint density at radius 1 is 0.960 bits per heavy atom. The van der Waals surface area contributed by atoms with Gasteiger partial charge in [0.25, 0.3) is 5.88 Å². The van der Waals surface area contributed by atoms with Gasteiger partial charge in [-0.25, -0.2) is 0 Å². The molecule has 0 amide bonds. The van der Waals surface area contributed by atoms with E-state index >= 15 is 0 Å². The molecule has 0 atom stereocenters. The van der Waals surface area contributed by atoms with Crippen LogP contribution >= 0.6 is 0 Å². The van der Waals surface area contributed by atoms with Crippen molar-refractivity contribution in [1.82, 2.24) is 15.4 Å². The number of carbonyl (C=O) groups excluding carboxylic acids is 2. The van der Waals surface area contributed by atoms with Crippen molar-refractivity contribution < 1.29 is 19.1 Å². The van der Waals surface area contributed by atoms with Gasteiger partial charge in [-0.3, -0.25) is 0 Å². The Labute approximate surface area is 144 Å². The first-order valence-electron chi connectivity index (χ1n) is 7.56. The molecule has 7 heteroatoms. The predicted molar refractivity (Wildman–Crippen MR) is 88.8 cm³/mol. The predicted octanol–water partition coefficient (Wildman–Crippen LogP) is 2.87. The van der Waals surface area contributed by atoms with Gasteiger partial charge in [-0.1, -0.05) is 36.4 Å². The van der Waals surface area contributed by atoms with E-state index in [2.05, 4.69) is 39.7 Å². The summed E-state index contributed by atoms with van der Waals surface area (Å²) in [6.45, 7) is 3.13. The fourth-order valence-electron chi connectivity index (χ4n) is 2.12. The zero-order valence-corrected chi connectivity index (χ0v) is 13.6. The number of H-pyrrole nitrogens is 1. The van der Waals surface area contributed by atoms with Gasteiger partial charge in [-0.15, -0.1) is 5.10 Å². The maximum Gasteiger partial charge on any atom is 0.373 e. The standard InChI is InChI=1S/C17H17N3O2.CO2/c1-2-21-16-9-7-15(8-10-16)14-5-3-13(4-6-14)12-22-17-11-18-20-19-17;2-1-3/h3-11H,2,12H2,1H3,(H,18,19,20);. The van der Waals surface area contributed by atoms with Crippen LogP contribution in [0.15, 0.2) is 54.7 Å². The SMILES string of the molecule is CCOc1ccc(-c2ccc(COc3cn[nH]n3)cc2)cc1.O=C=O. The van der Waals surface area contributed by atoms with Crippen LogP contribution in [0.25, 0.3) is 11.1 Å². The zero-order valence-electron chi connectivity index (χ0n) is 13.6. The van der Waals surface area contributed by atoms with Gasteiger partial charge in [0.05, 0.1) is 6.61 Å². The number of aromatic amines is 1. The van der Waals surface area contributed by atoms with Crippen molar-refractivity contribution in [2.45, 2.75) is 13.5 Å². The van der Waals surface area contributed by atoms with Gasteiger partial charge in [0.1, 0.15) is 18.6 Å².